The van der Waals surface area contributed by atoms with Crippen molar-refractivity contribution in [2.24, 2.45) is 0 Å². The zero-order chi connectivity index (χ0) is 38.4. The maximum absolute atomic E-state index is 6.45. The molecule has 2 nitrogen and oxygen atoms in total. The van der Waals surface area contributed by atoms with Crippen LogP contribution in [0, 0.1) is 0 Å². The van der Waals surface area contributed by atoms with Crippen LogP contribution >= 0.6 is 0 Å². The van der Waals surface area contributed by atoms with Crippen LogP contribution in [-0.2, 0) is 0 Å². The first-order valence-electron chi connectivity index (χ1n) is 19.8. The van der Waals surface area contributed by atoms with Gasteiger partial charge < -0.3 is 9.32 Å². The molecule has 0 aliphatic heterocycles. The maximum atomic E-state index is 6.45. The van der Waals surface area contributed by atoms with E-state index in [1.54, 1.807) is 0 Å². The van der Waals surface area contributed by atoms with Crippen molar-refractivity contribution in [2.75, 3.05) is 4.90 Å². The number of hydrogen-bond donors (Lipinski definition) is 0. The molecule has 11 aromatic rings. The van der Waals surface area contributed by atoms with E-state index in [0.29, 0.717) is 0 Å². The molecule has 0 fully saturated rings. The lowest BCUT2D eigenvalue weighted by Crippen LogP contribution is -2.11. The number of fused-ring (bicyclic) bond motifs is 6. The van der Waals surface area contributed by atoms with Gasteiger partial charge in [-0.25, -0.2) is 0 Å². The van der Waals surface area contributed by atoms with Crippen molar-refractivity contribution in [1.29, 1.82) is 0 Å². The van der Waals surface area contributed by atoms with E-state index in [-0.39, 0.29) is 0 Å². The first kappa shape index (κ1) is 33.6. The fourth-order valence-electron chi connectivity index (χ4n) is 8.65. The first-order chi connectivity index (χ1) is 28.8. The highest BCUT2D eigenvalue weighted by Crippen LogP contribution is 2.45. The summed E-state index contributed by atoms with van der Waals surface area (Å²) in [6.45, 7) is 0. The highest BCUT2D eigenvalue weighted by Gasteiger charge is 2.20. The van der Waals surface area contributed by atoms with Gasteiger partial charge in [0.1, 0.15) is 11.2 Å². The van der Waals surface area contributed by atoms with Crippen molar-refractivity contribution >= 4 is 60.5 Å². The Labute approximate surface area is 337 Å². The van der Waals surface area contributed by atoms with Gasteiger partial charge in [-0.05, 0) is 91.3 Å². The zero-order valence-electron chi connectivity index (χ0n) is 31.7. The molecule has 0 bridgehead atoms. The number of nitrogens with zero attached hydrogens (tertiary/aromatic N) is 1. The Morgan fingerprint density at radius 2 is 0.793 bits per heavy atom. The minimum absolute atomic E-state index is 0.904. The molecular formula is C56H37NO. The largest absolute Gasteiger partial charge is 0.455 e. The molecule has 1 heterocycles. The molecule has 0 N–H and O–H groups in total. The molecule has 0 radical (unpaired) electrons. The Bertz CT molecular complexity index is 3250. The molecule has 272 valence electrons. The number of benzene rings is 10. The fourth-order valence-corrected chi connectivity index (χ4v) is 8.65. The molecule has 11 rings (SSSR count). The van der Waals surface area contributed by atoms with Crippen molar-refractivity contribution in [3.05, 3.63) is 224 Å². The van der Waals surface area contributed by atoms with E-state index in [9.17, 15) is 0 Å². The van der Waals surface area contributed by atoms with Gasteiger partial charge in [-0.3, -0.25) is 0 Å². The second-order valence-electron chi connectivity index (χ2n) is 14.9. The lowest BCUT2D eigenvalue weighted by Gasteiger charge is -2.28. The molecule has 1 aromatic heterocycles. The van der Waals surface area contributed by atoms with Crippen molar-refractivity contribution in [1.82, 2.24) is 0 Å². The summed E-state index contributed by atoms with van der Waals surface area (Å²) in [6.07, 6.45) is 0. The lowest BCUT2D eigenvalue weighted by atomic mass is 9.93. The van der Waals surface area contributed by atoms with E-state index < -0.39 is 0 Å². The smallest absolute Gasteiger partial charge is 0.143 e. The highest BCUT2D eigenvalue weighted by molar-refractivity contribution is 6.13. The third kappa shape index (κ3) is 5.82. The average molecular weight is 740 g/mol. The zero-order valence-corrected chi connectivity index (χ0v) is 31.7. The number of hydrogen-bond acceptors (Lipinski definition) is 2. The quantitative estimate of drug-likeness (QED) is 0.151. The summed E-state index contributed by atoms with van der Waals surface area (Å²) in [4.78, 5) is 2.39. The summed E-state index contributed by atoms with van der Waals surface area (Å²) in [7, 11) is 0. The van der Waals surface area contributed by atoms with E-state index >= 15 is 0 Å². The Morgan fingerprint density at radius 1 is 0.276 bits per heavy atom. The Balaban J connectivity index is 1.04. The average Bonchev–Trinajstić information content (AvgIpc) is 3.69. The summed E-state index contributed by atoms with van der Waals surface area (Å²) in [5, 5.41) is 7.26. The van der Waals surface area contributed by atoms with Gasteiger partial charge in [0.15, 0.2) is 0 Å². The van der Waals surface area contributed by atoms with Crippen LogP contribution in [0.5, 0.6) is 0 Å². The lowest BCUT2D eigenvalue weighted by molar-refractivity contribution is 0.670. The normalized spacial score (nSPS) is 11.4. The number of furan rings is 1. The van der Waals surface area contributed by atoms with Crippen LogP contribution in [0.15, 0.2) is 229 Å². The van der Waals surface area contributed by atoms with Crippen molar-refractivity contribution in [3.8, 4) is 44.5 Å². The van der Waals surface area contributed by atoms with E-state index in [4.69, 9.17) is 4.42 Å². The third-order valence-corrected chi connectivity index (χ3v) is 11.5. The summed E-state index contributed by atoms with van der Waals surface area (Å²) in [5.41, 5.74) is 14.4. The van der Waals surface area contributed by atoms with Crippen LogP contribution in [0.25, 0.3) is 88.0 Å². The predicted molar refractivity (Wildman–Crippen MR) is 245 cm³/mol. The molecule has 58 heavy (non-hydrogen) atoms. The van der Waals surface area contributed by atoms with Gasteiger partial charge in [0.25, 0.3) is 0 Å². The summed E-state index contributed by atoms with van der Waals surface area (Å²) < 4.78 is 6.45. The standard InChI is InChI=1S/C56H37NO/c1-2-12-38(13-3-1)39-24-26-40(27-25-39)41-28-33-44(34-29-41)57(45-35-30-43(31-36-45)47-18-10-21-53-52-17-7-9-23-55(52)58-56(47)53)54-22-8-6-16-51(54)49-20-11-19-48-46-15-5-4-14-42(46)32-37-50(48)49/h1-37H. The van der Waals surface area contributed by atoms with Crippen molar-refractivity contribution in [2.45, 2.75) is 0 Å². The third-order valence-electron chi connectivity index (χ3n) is 11.5. The van der Waals surface area contributed by atoms with Crippen LogP contribution in [0.1, 0.15) is 0 Å². The van der Waals surface area contributed by atoms with Crippen LogP contribution in [0.4, 0.5) is 17.1 Å². The Kier molecular flexibility index (Phi) is 8.19. The first-order valence-corrected chi connectivity index (χ1v) is 19.8. The molecule has 10 aromatic carbocycles. The predicted octanol–water partition coefficient (Wildman–Crippen LogP) is 16.0. The molecule has 0 saturated heterocycles. The molecule has 2 heteroatoms. The fraction of sp³-hybridized carbons (Fsp3) is 0. The van der Waals surface area contributed by atoms with Gasteiger partial charge in [-0.2, -0.15) is 0 Å². The summed E-state index contributed by atoms with van der Waals surface area (Å²) in [6, 6.07) is 80.6. The molecule has 0 aliphatic rings. The van der Waals surface area contributed by atoms with Gasteiger partial charge in [-0.15, -0.1) is 0 Å². The van der Waals surface area contributed by atoms with Crippen molar-refractivity contribution in [3.63, 3.8) is 0 Å². The Morgan fingerprint density at radius 3 is 1.53 bits per heavy atom. The minimum atomic E-state index is 0.904. The van der Waals surface area contributed by atoms with E-state index in [0.717, 1.165) is 50.1 Å². The molecule has 0 saturated carbocycles. The van der Waals surface area contributed by atoms with Gasteiger partial charge in [0.05, 0.1) is 5.69 Å². The molecule has 0 unspecified atom stereocenters. The number of rotatable bonds is 7. The van der Waals surface area contributed by atoms with E-state index in [1.165, 1.54) is 54.9 Å². The van der Waals surface area contributed by atoms with Crippen molar-refractivity contribution < 1.29 is 4.42 Å². The summed E-state index contributed by atoms with van der Waals surface area (Å²) in [5.74, 6) is 0. The molecule has 0 spiro atoms. The minimum Gasteiger partial charge on any atom is -0.455 e. The van der Waals surface area contributed by atoms with Gasteiger partial charge >= 0.3 is 0 Å². The van der Waals surface area contributed by atoms with Crippen LogP contribution in [0.3, 0.4) is 0 Å². The Hall–Kier alpha value is -7.68. The van der Waals surface area contributed by atoms with E-state index in [2.05, 4.69) is 217 Å². The van der Waals surface area contributed by atoms with Gasteiger partial charge in [-0.1, -0.05) is 188 Å². The number of anilines is 3. The summed E-state index contributed by atoms with van der Waals surface area (Å²) >= 11 is 0. The van der Waals surface area contributed by atoms with Gasteiger partial charge in [0, 0.05) is 33.3 Å². The second-order valence-corrected chi connectivity index (χ2v) is 14.9. The molecular weight excluding hydrogens is 703 g/mol. The second kappa shape index (κ2) is 14.1. The molecule has 0 aliphatic carbocycles. The van der Waals surface area contributed by atoms with Gasteiger partial charge in [0.2, 0.25) is 0 Å². The topological polar surface area (TPSA) is 16.4 Å². The molecule has 0 atom stereocenters. The van der Waals surface area contributed by atoms with Crippen LogP contribution < -0.4 is 4.90 Å². The number of para-hydroxylation sites is 3. The van der Waals surface area contributed by atoms with Crippen LogP contribution in [0.2, 0.25) is 0 Å². The monoisotopic (exact) mass is 739 g/mol. The van der Waals surface area contributed by atoms with Crippen LogP contribution in [-0.4, -0.2) is 0 Å². The molecule has 0 amide bonds. The highest BCUT2D eigenvalue weighted by atomic mass is 16.3. The maximum Gasteiger partial charge on any atom is 0.143 e. The van der Waals surface area contributed by atoms with E-state index in [1.807, 2.05) is 12.1 Å². The SMILES string of the molecule is c1ccc(-c2ccc(-c3ccc(N(c4ccc(-c5cccc6c5oc5ccccc56)cc4)c4ccccc4-c4cccc5c4ccc4ccccc45)cc3)cc2)cc1.